The summed E-state index contributed by atoms with van der Waals surface area (Å²) in [6, 6.07) is 4.27. The fourth-order valence-electron chi connectivity index (χ4n) is 1.52. The Morgan fingerprint density at radius 3 is 2.71 bits per heavy atom. The molecule has 1 aromatic rings. The van der Waals surface area contributed by atoms with Crippen LogP contribution < -0.4 is 0 Å². The van der Waals surface area contributed by atoms with Crippen LogP contribution in [0.3, 0.4) is 0 Å². The van der Waals surface area contributed by atoms with Gasteiger partial charge in [-0.2, -0.15) is 0 Å². The molecule has 1 rings (SSSR count). The minimum Gasteiger partial charge on any atom is -0.395 e. The first-order chi connectivity index (χ1) is 8.10. The summed E-state index contributed by atoms with van der Waals surface area (Å²) in [6.45, 7) is 2.67. The third-order valence-corrected chi connectivity index (χ3v) is 2.96. The molecule has 0 aliphatic rings. The van der Waals surface area contributed by atoms with Crippen LogP contribution in [0.25, 0.3) is 0 Å². The molecule has 0 radical (unpaired) electrons. The molecule has 0 saturated carbocycles. The van der Waals surface area contributed by atoms with Crippen molar-refractivity contribution >= 4 is 21.8 Å². The zero-order chi connectivity index (χ0) is 12.8. The summed E-state index contributed by atoms with van der Waals surface area (Å²) in [7, 11) is 0. The summed E-state index contributed by atoms with van der Waals surface area (Å²) >= 11 is 3.04. The molecule has 0 aliphatic carbocycles. The van der Waals surface area contributed by atoms with Crippen molar-refractivity contribution in [2.45, 2.75) is 13.3 Å². The van der Waals surface area contributed by atoms with E-state index in [0.29, 0.717) is 16.6 Å². The smallest absolute Gasteiger partial charge is 0.254 e. The van der Waals surface area contributed by atoms with Crippen molar-refractivity contribution in [3.05, 3.63) is 34.1 Å². The van der Waals surface area contributed by atoms with Crippen LogP contribution in [0.5, 0.6) is 0 Å². The van der Waals surface area contributed by atoms with E-state index in [4.69, 9.17) is 5.11 Å². The number of carbonyl (C=O) groups excluding carboxylic acids is 1. The van der Waals surface area contributed by atoms with Crippen LogP contribution in [0.4, 0.5) is 4.39 Å². The van der Waals surface area contributed by atoms with E-state index in [2.05, 4.69) is 15.9 Å². The number of rotatable bonds is 5. The number of nitrogens with zero attached hydrogens (tertiary/aromatic N) is 1. The van der Waals surface area contributed by atoms with Gasteiger partial charge in [-0.1, -0.05) is 6.92 Å². The number of hydrogen-bond acceptors (Lipinski definition) is 2. The lowest BCUT2D eigenvalue weighted by atomic mass is 10.2. The SMILES string of the molecule is CCCN(CCO)C(=O)c1ccc(Br)c(F)c1. The Morgan fingerprint density at radius 1 is 1.47 bits per heavy atom. The van der Waals surface area contributed by atoms with Gasteiger partial charge in [0.1, 0.15) is 5.82 Å². The number of amides is 1. The zero-order valence-corrected chi connectivity index (χ0v) is 11.2. The third-order valence-electron chi connectivity index (χ3n) is 2.32. The van der Waals surface area contributed by atoms with Crippen molar-refractivity contribution in [2.75, 3.05) is 19.7 Å². The van der Waals surface area contributed by atoms with Gasteiger partial charge < -0.3 is 10.0 Å². The second kappa shape index (κ2) is 6.71. The Kier molecular flexibility index (Phi) is 5.58. The molecule has 0 aliphatic heterocycles. The molecule has 94 valence electrons. The topological polar surface area (TPSA) is 40.5 Å². The predicted molar refractivity (Wildman–Crippen MR) is 67.4 cm³/mol. The molecule has 1 amide bonds. The number of carbonyl (C=O) groups is 1. The molecule has 17 heavy (non-hydrogen) atoms. The average Bonchev–Trinajstić information content (AvgIpc) is 2.31. The molecule has 5 heteroatoms. The summed E-state index contributed by atoms with van der Waals surface area (Å²) in [6.07, 6.45) is 0.796. The number of aliphatic hydroxyl groups excluding tert-OH is 1. The van der Waals surface area contributed by atoms with Gasteiger partial charge in [0.15, 0.2) is 0 Å². The lowest BCUT2D eigenvalue weighted by Gasteiger charge is -2.21. The summed E-state index contributed by atoms with van der Waals surface area (Å²) in [5.74, 6) is -0.719. The molecule has 1 N–H and O–H groups in total. The maximum absolute atomic E-state index is 13.3. The first-order valence-electron chi connectivity index (χ1n) is 5.45. The first-order valence-corrected chi connectivity index (χ1v) is 6.24. The summed E-state index contributed by atoms with van der Waals surface area (Å²) in [5, 5.41) is 8.88. The van der Waals surface area contributed by atoms with Crippen molar-refractivity contribution in [1.82, 2.24) is 4.90 Å². The van der Waals surface area contributed by atoms with E-state index in [0.717, 1.165) is 6.42 Å². The zero-order valence-electron chi connectivity index (χ0n) is 9.62. The van der Waals surface area contributed by atoms with Gasteiger partial charge in [-0.15, -0.1) is 0 Å². The molecule has 0 saturated heterocycles. The Labute approximate surface area is 108 Å². The van der Waals surface area contributed by atoms with Gasteiger partial charge >= 0.3 is 0 Å². The highest BCUT2D eigenvalue weighted by Gasteiger charge is 2.15. The molecule has 0 bridgehead atoms. The Bertz CT molecular complexity index is 392. The Morgan fingerprint density at radius 2 is 2.18 bits per heavy atom. The van der Waals surface area contributed by atoms with E-state index in [1.54, 1.807) is 6.07 Å². The predicted octanol–water partition coefficient (Wildman–Crippen LogP) is 2.43. The monoisotopic (exact) mass is 303 g/mol. The molecule has 1 aromatic carbocycles. The van der Waals surface area contributed by atoms with Crippen LogP contribution in [0, 0.1) is 5.82 Å². The van der Waals surface area contributed by atoms with Gasteiger partial charge in [-0.25, -0.2) is 4.39 Å². The maximum Gasteiger partial charge on any atom is 0.254 e. The van der Waals surface area contributed by atoms with Gasteiger partial charge in [-0.3, -0.25) is 4.79 Å². The fourth-order valence-corrected chi connectivity index (χ4v) is 1.76. The summed E-state index contributed by atoms with van der Waals surface area (Å²) < 4.78 is 13.6. The average molecular weight is 304 g/mol. The standard InChI is InChI=1S/C12H15BrFNO2/c1-2-5-15(6-7-16)12(17)9-3-4-10(13)11(14)8-9/h3-4,8,16H,2,5-7H2,1H3. The van der Waals surface area contributed by atoms with Crippen molar-refractivity contribution in [3.63, 3.8) is 0 Å². The fraction of sp³-hybridized carbons (Fsp3) is 0.417. The van der Waals surface area contributed by atoms with Crippen molar-refractivity contribution < 1.29 is 14.3 Å². The number of aliphatic hydroxyl groups is 1. The Balaban J connectivity index is 2.88. The molecular weight excluding hydrogens is 289 g/mol. The molecule has 0 atom stereocenters. The van der Waals surface area contributed by atoms with Gasteiger partial charge in [0.25, 0.3) is 5.91 Å². The first kappa shape index (κ1) is 14.1. The molecule has 3 nitrogen and oxygen atoms in total. The van der Waals surface area contributed by atoms with Crippen molar-refractivity contribution in [1.29, 1.82) is 0 Å². The van der Waals surface area contributed by atoms with E-state index < -0.39 is 5.82 Å². The molecule has 0 spiro atoms. The molecular formula is C12H15BrFNO2. The van der Waals surface area contributed by atoms with Crippen LogP contribution in [-0.2, 0) is 0 Å². The van der Waals surface area contributed by atoms with Crippen LogP contribution >= 0.6 is 15.9 Å². The highest BCUT2D eigenvalue weighted by atomic mass is 79.9. The van der Waals surface area contributed by atoms with Gasteiger partial charge in [-0.05, 0) is 40.5 Å². The van der Waals surface area contributed by atoms with Crippen molar-refractivity contribution in [3.8, 4) is 0 Å². The normalized spacial score (nSPS) is 10.4. The largest absolute Gasteiger partial charge is 0.395 e. The van der Waals surface area contributed by atoms with Crippen LogP contribution in [0.1, 0.15) is 23.7 Å². The minimum atomic E-state index is -0.462. The summed E-state index contributed by atoms with van der Waals surface area (Å²) in [5.41, 5.74) is 0.299. The number of halogens is 2. The van der Waals surface area contributed by atoms with Crippen LogP contribution in [0.15, 0.2) is 22.7 Å². The van der Waals surface area contributed by atoms with Gasteiger partial charge in [0.2, 0.25) is 0 Å². The summed E-state index contributed by atoms with van der Waals surface area (Å²) in [4.78, 5) is 13.5. The highest BCUT2D eigenvalue weighted by molar-refractivity contribution is 9.10. The van der Waals surface area contributed by atoms with Crippen LogP contribution in [-0.4, -0.2) is 35.6 Å². The van der Waals surface area contributed by atoms with E-state index in [9.17, 15) is 9.18 Å². The molecule has 0 fully saturated rings. The minimum absolute atomic E-state index is 0.0925. The number of benzene rings is 1. The molecule has 0 heterocycles. The second-order valence-electron chi connectivity index (χ2n) is 3.64. The van der Waals surface area contributed by atoms with E-state index in [1.165, 1.54) is 17.0 Å². The Hall–Kier alpha value is -0.940. The maximum atomic E-state index is 13.3. The van der Waals surface area contributed by atoms with Crippen LogP contribution in [0.2, 0.25) is 0 Å². The third kappa shape index (κ3) is 3.78. The van der Waals surface area contributed by atoms with E-state index >= 15 is 0 Å². The van der Waals surface area contributed by atoms with E-state index in [-0.39, 0.29) is 19.1 Å². The molecule has 0 unspecified atom stereocenters. The second-order valence-corrected chi connectivity index (χ2v) is 4.50. The van der Waals surface area contributed by atoms with Gasteiger partial charge in [0.05, 0.1) is 11.1 Å². The lowest BCUT2D eigenvalue weighted by Crippen LogP contribution is -2.34. The number of hydrogen-bond donors (Lipinski definition) is 1. The highest BCUT2D eigenvalue weighted by Crippen LogP contribution is 2.17. The van der Waals surface area contributed by atoms with E-state index in [1.807, 2.05) is 6.92 Å². The molecule has 0 aromatic heterocycles. The van der Waals surface area contributed by atoms with Gasteiger partial charge in [0, 0.05) is 18.7 Å². The van der Waals surface area contributed by atoms with Crippen molar-refractivity contribution in [2.24, 2.45) is 0 Å². The quantitative estimate of drug-likeness (QED) is 0.907. The lowest BCUT2D eigenvalue weighted by molar-refractivity contribution is 0.0721.